The molecule has 0 fully saturated rings. The summed E-state index contributed by atoms with van der Waals surface area (Å²) in [4.78, 5) is 22.6. The molecule has 2 rings (SSSR count). The predicted octanol–water partition coefficient (Wildman–Crippen LogP) is 2.42. The third kappa shape index (κ3) is 3.27. The molecule has 8 heteroatoms. The van der Waals surface area contributed by atoms with Crippen LogP contribution < -0.4 is 10.6 Å². The van der Waals surface area contributed by atoms with Crippen molar-refractivity contribution in [2.24, 2.45) is 7.05 Å². The Morgan fingerprint density at radius 2 is 2.05 bits per heavy atom. The number of amides is 2. The number of rotatable bonds is 3. The summed E-state index contributed by atoms with van der Waals surface area (Å²) in [5.41, 5.74) is 0.238. The number of hydrogen-bond donors (Lipinski definition) is 3. The zero-order valence-electron chi connectivity index (χ0n) is 10.4. The van der Waals surface area contributed by atoms with E-state index >= 15 is 0 Å². The molecular weight excluding hydrogens is 284 g/mol. The fraction of sp³-hybridized carbons (Fsp3) is 0.0833. The molecule has 2 amide bonds. The molecule has 7 nitrogen and oxygen atoms in total. The maximum atomic E-state index is 11.7. The Kier molecular flexibility index (Phi) is 3.90. The summed E-state index contributed by atoms with van der Waals surface area (Å²) in [7, 11) is 1.72. The van der Waals surface area contributed by atoms with Gasteiger partial charge in [0, 0.05) is 25.0 Å². The topological polar surface area (TPSA) is 96.2 Å². The molecule has 2 aromatic rings. The number of aromatic carboxylic acids is 1. The predicted molar refractivity (Wildman–Crippen MR) is 74.3 cm³/mol. The van der Waals surface area contributed by atoms with Crippen LogP contribution in [0.1, 0.15) is 10.4 Å². The third-order valence-electron chi connectivity index (χ3n) is 2.41. The minimum Gasteiger partial charge on any atom is -0.478 e. The Morgan fingerprint density at radius 1 is 1.30 bits per heavy atom. The zero-order chi connectivity index (χ0) is 14.7. The van der Waals surface area contributed by atoms with Crippen LogP contribution in [0.15, 0.2) is 30.5 Å². The maximum absolute atomic E-state index is 11.7. The van der Waals surface area contributed by atoms with Crippen LogP contribution >= 0.6 is 11.6 Å². The van der Waals surface area contributed by atoms with Gasteiger partial charge in [0.1, 0.15) is 0 Å². The highest BCUT2D eigenvalue weighted by atomic mass is 35.5. The van der Waals surface area contributed by atoms with Gasteiger partial charge in [0.05, 0.1) is 10.6 Å². The summed E-state index contributed by atoms with van der Waals surface area (Å²) in [5, 5.41) is 18.0. The number of urea groups is 1. The van der Waals surface area contributed by atoms with E-state index in [0.717, 1.165) is 0 Å². The first-order chi connectivity index (χ1) is 9.45. The average Bonchev–Trinajstić information content (AvgIpc) is 2.76. The van der Waals surface area contributed by atoms with Crippen molar-refractivity contribution in [2.75, 3.05) is 10.6 Å². The van der Waals surface area contributed by atoms with Crippen molar-refractivity contribution in [3.05, 3.63) is 41.0 Å². The molecular formula is C12H11ClN4O3. The highest BCUT2D eigenvalue weighted by Gasteiger charge is 2.11. The number of carbonyl (C=O) groups excluding carboxylic acids is 1. The van der Waals surface area contributed by atoms with Crippen LogP contribution in [0.3, 0.4) is 0 Å². The SMILES string of the molecule is Cn1ccc(NC(=O)Nc2ccc(Cl)c(C(=O)O)c2)n1. The van der Waals surface area contributed by atoms with Crippen molar-refractivity contribution in [2.45, 2.75) is 0 Å². The van der Waals surface area contributed by atoms with Crippen LogP contribution in [0, 0.1) is 0 Å². The first kappa shape index (κ1) is 13.9. The number of hydrogen-bond acceptors (Lipinski definition) is 3. The normalized spacial score (nSPS) is 10.1. The second kappa shape index (κ2) is 5.62. The second-order valence-electron chi connectivity index (χ2n) is 3.95. The highest BCUT2D eigenvalue weighted by molar-refractivity contribution is 6.33. The van der Waals surface area contributed by atoms with E-state index < -0.39 is 12.0 Å². The van der Waals surface area contributed by atoms with Crippen molar-refractivity contribution in [1.29, 1.82) is 0 Å². The molecule has 20 heavy (non-hydrogen) atoms. The van der Waals surface area contributed by atoms with Gasteiger partial charge in [-0.2, -0.15) is 5.10 Å². The van der Waals surface area contributed by atoms with Crippen LogP contribution in [0.25, 0.3) is 0 Å². The summed E-state index contributed by atoms with van der Waals surface area (Å²) >= 11 is 5.74. The molecule has 0 atom stereocenters. The van der Waals surface area contributed by atoms with Crippen molar-refractivity contribution >= 4 is 35.1 Å². The summed E-state index contributed by atoms with van der Waals surface area (Å²) in [6.07, 6.45) is 1.68. The molecule has 1 aromatic carbocycles. The van der Waals surface area contributed by atoms with E-state index in [4.69, 9.17) is 16.7 Å². The molecule has 0 aliphatic heterocycles. The quantitative estimate of drug-likeness (QED) is 0.810. The van der Waals surface area contributed by atoms with Crippen molar-refractivity contribution in [3.8, 4) is 0 Å². The van der Waals surface area contributed by atoms with Gasteiger partial charge in [-0.25, -0.2) is 9.59 Å². The monoisotopic (exact) mass is 294 g/mol. The Balaban J connectivity index is 2.08. The van der Waals surface area contributed by atoms with E-state index in [9.17, 15) is 9.59 Å². The highest BCUT2D eigenvalue weighted by Crippen LogP contribution is 2.20. The number of aryl methyl sites for hydroxylation is 1. The van der Waals surface area contributed by atoms with Gasteiger partial charge in [-0.1, -0.05) is 11.6 Å². The lowest BCUT2D eigenvalue weighted by molar-refractivity contribution is 0.0697. The molecule has 0 aliphatic carbocycles. The van der Waals surface area contributed by atoms with Gasteiger partial charge < -0.3 is 10.4 Å². The van der Waals surface area contributed by atoms with Gasteiger partial charge in [0.15, 0.2) is 5.82 Å². The Hall–Kier alpha value is -2.54. The van der Waals surface area contributed by atoms with E-state index in [0.29, 0.717) is 11.5 Å². The van der Waals surface area contributed by atoms with Crippen molar-refractivity contribution in [1.82, 2.24) is 9.78 Å². The number of nitrogens with one attached hydrogen (secondary N) is 2. The molecule has 0 spiro atoms. The summed E-state index contributed by atoms with van der Waals surface area (Å²) in [6.45, 7) is 0. The average molecular weight is 295 g/mol. The van der Waals surface area contributed by atoms with Gasteiger partial charge in [0.25, 0.3) is 0 Å². The van der Waals surface area contributed by atoms with E-state index in [2.05, 4.69) is 15.7 Å². The molecule has 0 aliphatic rings. The minimum absolute atomic E-state index is 0.0812. The van der Waals surface area contributed by atoms with Gasteiger partial charge >= 0.3 is 12.0 Å². The van der Waals surface area contributed by atoms with Crippen molar-refractivity contribution in [3.63, 3.8) is 0 Å². The Morgan fingerprint density at radius 3 is 2.65 bits per heavy atom. The molecule has 1 heterocycles. The van der Waals surface area contributed by atoms with E-state index in [-0.39, 0.29) is 10.6 Å². The number of carboxylic acid groups (broad SMARTS) is 1. The van der Waals surface area contributed by atoms with Crippen LogP contribution in [0.5, 0.6) is 0 Å². The summed E-state index contributed by atoms with van der Waals surface area (Å²) in [5.74, 6) is -0.777. The van der Waals surface area contributed by atoms with Crippen LogP contribution in [0.4, 0.5) is 16.3 Å². The van der Waals surface area contributed by atoms with E-state index in [1.165, 1.54) is 18.2 Å². The van der Waals surface area contributed by atoms with Gasteiger partial charge in [-0.15, -0.1) is 0 Å². The Bertz CT molecular complexity index is 668. The molecule has 0 radical (unpaired) electrons. The Labute approximate surface area is 119 Å². The van der Waals surface area contributed by atoms with Crippen LogP contribution in [0.2, 0.25) is 5.02 Å². The van der Waals surface area contributed by atoms with Gasteiger partial charge in [0.2, 0.25) is 0 Å². The van der Waals surface area contributed by atoms with E-state index in [1.807, 2.05) is 0 Å². The number of carbonyl (C=O) groups is 2. The molecule has 0 saturated heterocycles. The van der Waals surface area contributed by atoms with Crippen LogP contribution in [-0.4, -0.2) is 26.9 Å². The molecule has 0 saturated carbocycles. The lowest BCUT2D eigenvalue weighted by Crippen LogP contribution is -2.20. The van der Waals surface area contributed by atoms with E-state index in [1.54, 1.807) is 24.0 Å². The maximum Gasteiger partial charge on any atom is 0.337 e. The fourth-order valence-electron chi connectivity index (χ4n) is 1.53. The number of benzene rings is 1. The third-order valence-corrected chi connectivity index (χ3v) is 2.74. The molecule has 0 unspecified atom stereocenters. The number of anilines is 2. The first-order valence-corrected chi connectivity index (χ1v) is 5.94. The van der Waals surface area contributed by atoms with Gasteiger partial charge in [-0.05, 0) is 18.2 Å². The van der Waals surface area contributed by atoms with Crippen LogP contribution in [-0.2, 0) is 7.05 Å². The largest absolute Gasteiger partial charge is 0.478 e. The minimum atomic E-state index is -1.16. The second-order valence-corrected chi connectivity index (χ2v) is 4.36. The lowest BCUT2D eigenvalue weighted by atomic mass is 10.2. The summed E-state index contributed by atoms with van der Waals surface area (Å²) in [6, 6.07) is 5.29. The molecule has 1 aromatic heterocycles. The number of aromatic nitrogens is 2. The molecule has 104 valence electrons. The number of carboxylic acids is 1. The summed E-state index contributed by atoms with van der Waals surface area (Å²) < 4.78 is 1.54. The first-order valence-electron chi connectivity index (χ1n) is 5.56. The smallest absolute Gasteiger partial charge is 0.337 e. The zero-order valence-corrected chi connectivity index (χ0v) is 11.2. The molecule has 3 N–H and O–H groups in total. The van der Waals surface area contributed by atoms with Crippen molar-refractivity contribution < 1.29 is 14.7 Å². The lowest BCUT2D eigenvalue weighted by Gasteiger charge is -2.07. The standard InChI is InChI=1S/C12H11ClN4O3/c1-17-5-4-10(16-17)15-12(20)14-7-2-3-9(13)8(6-7)11(18)19/h2-6H,1H3,(H,18,19)(H2,14,15,16,20). The molecule has 0 bridgehead atoms. The number of nitrogens with zero attached hydrogens (tertiary/aromatic N) is 2. The number of halogens is 1. The fourth-order valence-corrected chi connectivity index (χ4v) is 1.73. The van der Waals surface area contributed by atoms with Gasteiger partial charge in [-0.3, -0.25) is 10.00 Å².